The number of hydrogen-bond acceptors (Lipinski definition) is 3. The van der Waals surface area contributed by atoms with Gasteiger partial charge < -0.3 is 9.80 Å². The molecule has 5 heteroatoms. The fourth-order valence-corrected chi connectivity index (χ4v) is 4.21. The molecule has 0 N–H and O–H groups in total. The van der Waals surface area contributed by atoms with Gasteiger partial charge in [-0.05, 0) is 50.4 Å². The maximum absolute atomic E-state index is 12.9. The predicted octanol–water partition coefficient (Wildman–Crippen LogP) is 2.62. The molecule has 1 atom stereocenters. The summed E-state index contributed by atoms with van der Waals surface area (Å²) in [5, 5.41) is 0. The minimum Gasteiger partial charge on any atom is -0.338 e. The Labute approximate surface area is 153 Å². The van der Waals surface area contributed by atoms with Gasteiger partial charge in [0.15, 0.2) is 0 Å². The molecule has 4 nitrogen and oxygen atoms in total. The van der Waals surface area contributed by atoms with E-state index in [0.29, 0.717) is 18.5 Å². The Morgan fingerprint density at radius 2 is 1.96 bits per heavy atom. The van der Waals surface area contributed by atoms with Gasteiger partial charge in [-0.3, -0.25) is 9.69 Å². The number of piperazine rings is 1. The number of nitrogens with zero attached hydrogens (tertiary/aromatic N) is 3. The zero-order chi connectivity index (χ0) is 16.9. The van der Waals surface area contributed by atoms with Crippen molar-refractivity contribution >= 4 is 21.8 Å². The van der Waals surface area contributed by atoms with E-state index in [2.05, 4.69) is 61.9 Å². The molecule has 1 unspecified atom stereocenters. The molecule has 3 rings (SSSR count). The molecule has 0 spiro atoms. The number of amides is 1. The summed E-state index contributed by atoms with van der Waals surface area (Å²) < 4.78 is 1.12. The topological polar surface area (TPSA) is 26.8 Å². The summed E-state index contributed by atoms with van der Waals surface area (Å²) in [6.07, 6.45) is 4.47. The number of likely N-dealkylation sites (N-methyl/N-ethyl adjacent to an activating group) is 1. The Hall–Kier alpha value is -0.910. The van der Waals surface area contributed by atoms with Crippen LogP contribution in [-0.4, -0.2) is 73.0 Å². The molecule has 1 aromatic carbocycles. The maximum Gasteiger partial charge on any atom is 0.237 e. The molecule has 24 heavy (non-hydrogen) atoms. The van der Waals surface area contributed by atoms with E-state index in [0.717, 1.165) is 56.5 Å². The van der Waals surface area contributed by atoms with Crippen molar-refractivity contribution in [1.82, 2.24) is 14.7 Å². The third-order valence-electron chi connectivity index (χ3n) is 5.26. The van der Waals surface area contributed by atoms with Gasteiger partial charge in [-0.25, -0.2) is 0 Å². The molecule has 2 aliphatic heterocycles. The fraction of sp³-hybridized carbons (Fsp3) is 0.632. The van der Waals surface area contributed by atoms with E-state index in [-0.39, 0.29) is 0 Å². The number of benzene rings is 1. The van der Waals surface area contributed by atoms with Gasteiger partial charge in [0.25, 0.3) is 0 Å². The molecule has 1 aromatic rings. The van der Waals surface area contributed by atoms with E-state index in [9.17, 15) is 4.79 Å². The summed E-state index contributed by atoms with van der Waals surface area (Å²) in [4.78, 5) is 19.7. The van der Waals surface area contributed by atoms with Crippen LogP contribution in [0, 0.1) is 0 Å². The molecule has 0 radical (unpaired) electrons. The highest BCUT2D eigenvalue weighted by Gasteiger charge is 2.28. The summed E-state index contributed by atoms with van der Waals surface area (Å²) in [6.45, 7) is 5.65. The monoisotopic (exact) mass is 393 g/mol. The van der Waals surface area contributed by atoms with Crippen LogP contribution in [0.1, 0.15) is 24.8 Å². The quantitative estimate of drug-likeness (QED) is 0.786. The molecular weight excluding hydrogens is 366 g/mol. The summed E-state index contributed by atoms with van der Waals surface area (Å²) in [7, 11) is 2.15. The van der Waals surface area contributed by atoms with Crippen LogP contribution in [0.25, 0.3) is 0 Å². The first-order chi connectivity index (χ1) is 11.6. The Kier molecular flexibility index (Phi) is 6.31. The summed E-state index contributed by atoms with van der Waals surface area (Å²) >= 11 is 3.55. The highest BCUT2D eigenvalue weighted by atomic mass is 79.9. The van der Waals surface area contributed by atoms with E-state index in [1.165, 1.54) is 12.0 Å². The number of likely N-dealkylation sites (tertiary alicyclic amines) is 1. The van der Waals surface area contributed by atoms with Crippen LogP contribution < -0.4 is 0 Å². The molecule has 1 amide bonds. The lowest BCUT2D eigenvalue weighted by Crippen LogP contribution is -2.52. The average Bonchev–Trinajstić information content (AvgIpc) is 2.57. The van der Waals surface area contributed by atoms with E-state index in [4.69, 9.17) is 0 Å². The largest absolute Gasteiger partial charge is 0.338 e. The zero-order valence-electron chi connectivity index (χ0n) is 14.6. The number of halogens is 1. The second kappa shape index (κ2) is 8.45. The van der Waals surface area contributed by atoms with Crippen molar-refractivity contribution in [2.24, 2.45) is 0 Å². The number of piperidine rings is 1. The number of rotatable bonds is 4. The number of carbonyl (C=O) groups excluding carboxylic acids is 1. The molecular formula is C19H28BrN3O. The van der Waals surface area contributed by atoms with Crippen molar-refractivity contribution < 1.29 is 4.79 Å². The first kappa shape index (κ1) is 17.9. The van der Waals surface area contributed by atoms with Crippen LogP contribution in [0.15, 0.2) is 28.7 Å². The third kappa shape index (κ3) is 4.80. The zero-order valence-corrected chi connectivity index (χ0v) is 16.2. The Morgan fingerprint density at radius 1 is 1.17 bits per heavy atom. The summed E-state index contributed by atoms with van der Waals surface area (Å²) in [5.74, 6) is 0.319. The number of carbonyl (C=O) groups is 1. The normalized spacial score (nSPS) is 23.4. The Bertz CT molecular complexity index is 557. The van der Waals surface area contributed by atoms with Crippen molar-refractivity contribution in [3.63, 3.8) is 0 Å². The fourth-order valence-electron chi connectivity index (χ4n) is 3.77. The Balaban J connectivity index is 1.60. The van der Waals surface area contributed by atoms with Gasteiger partial charge in [0.1, 0.15) is 0 Å². The van der Waals surface area contributed by atoms with Crippen LogP contribution in [0.4, 0.5) is 0 Å². The van der Waals surface area contributed by atoms with E-state index in [1.54, 1.807) is 0 Å². The molecule has 0 aromatic heterocycles. The van der Waals surface area contributed by atoms with Crippen molar-refractivity contribution in [2.45, 2.75) is 31.7 Å². The van der Waals surface area contributed by atoms with Crippen LogP contribution in [0.2, 0.25) is 0 Å². The van der Waals surface area contributed by atoms with E-state index >= 15 is 0 Å². The van der Waals surface area contributed by atoms with Crippen molar-refractivity contribution in [2.75, 3.05) is 46.3 Å². The second-order valence-corrected chi connectivity index (χ2v) is 8.07. The second-order valence-electron chi connectivity index (χ2n) is 7.15. The molecule has 0 saturated carbocycles. The van der Waals surface area contributed by atoms with Crippen molar-refractivity contribution in [3.05, 3.63) is 34.3 Å². The summed E-state index contributed by atoms with van der Waals surface area (Å²) in [6, 6.07) is 8.84. The molecule has 2 aliphatic rings. The maximum atomic E-state index is 12.9. The van der Waals surface area contributed by atoms with Gasteiger partial charge in [-0.1, -0.05) is 28.1 Å². The van der Waals surface area contributed by atoms with Gasteiger partial charge in [-0.2, -0.15) is 0 Å². The highest BCUT2D eigenvalue weighted by molar-refractivity contribution is 9.10. The molecule has 0 bridgehead atoms. The molecule has 0 aliphatic carbocycles. The number of hydrogen-bond donors (Lipinski definition) is 0. The third-order valence-corrected chi connectivity index (χ3v) is 5.76. The lowest BCUT2D eigenvalue weighted by Gasteiger charge is -2.38. The van der Waals surface area contributed by atoms with Crippen molar-refractivity contribution in [1.29, 1.82) is 0 Å². The van der Waals surface area contributed by atoms with Gasteiger partial charge in [0.05, 0.1) is 6.54 Å². The van der Waals surface area contributed by atoms with Gasteiger partial charge >= 0.3 is 0 Å². The van der Waals surface area contributed by atoms with Crippen LogP contribution in [0.3, 0.4) is 0 Å². The predicted molar refractivity (Wildman–Crippen MR) is 101 cm³/mol. The first-order valence-electron chi connectivity index (χ1n) is 9.06. The smallest absolute Gasteiger partial charge is 0.237 e. The van der Waals surface area contributed by atoms with Gasteiger partial charge in [-0.15, -0.1) is 0 Å². The molecule has 2 heterocycles. The lowest BCUT2D eigenvalue weighted by atomic mass is 9.95. The SMILES string of the molecule is CN1CCN(CC(=O)N2CCCCC2Cc2cccc(Br)c2)CC1. The standard InChI is InChI=1S/C19H28BrN3O/c1-21-9-11-22(12-10-21)15-19(24)23-8-3-2-7-18(23)14-16-5-4-6-17(20)13-16/h4-6,13,18H,2-3,7-12,14-15H2,1H3. The highest BCUT2D eigenvalue weighted by Crippen LogP contribution is 2.22. The summed E-state index contributed by atoms with van der Waals surface area (Å²) in [5.41, 5.74) is 1.31. The molecule has 2 fully saturated rings. The Morgan fingerprint density at radius 3 is 2.71 bits per heavy atom. The van der Waals surface area contributed by atoms with Crippen LogP contribution >= 0.6 is 15.9 Å². The molecule has 132 valence electrons. The average molecular weight is 394 g/mol. The first-order valence-corrected chi connectivity index (χ1v) is 9.86. The van der Waals surface area contributed by atoms with Crippen LogP contribution in [-0.2, 0) is 11.2 Å². The van der Waals surface area contributed by atoms with Crippen LogP contribution in [0.5, 0.6) is 0 Å². The van der Waals surface area contributed by atoms with Gasteiger partial charge in [0, 0.05) is 43.2 Å². The van der Waals surface area contributed by atoms with E-state index < -0.39 is 0 Å². The minimum atomic E-state index is 0.319. The minimum absolute atomic E-state index is 0.319. The van der Waals surface area contributed by atoms with Crippen molar-refractivity contribution in [3.8, 4) is 0 Å². The lowest BCUT2D eigenvalue weighted by molar-refractivity contribution is -0.136. The molecule has 2 saturated heterocycles. The van der Waals surface area contributed by atoms with E-state index in [1.807, 2.05) is 0 Å². The van der Waals surface area contributed by atoms with Gasteiger partial charge in [0.2, 0.25) is 5.91 Å².